The van der Waals surface area contributed by atoms with Gasteiger partial charge >= 0.3 is 17.9 Å². The van der Waals surface area contributed by atoms with Gasteiger partial charge in [-0.3, -0.25) is 9.59 Å². The van der Waals surface area contributed by atoms with Crippen molar-refractivity contribution in [2.45, 2.75) is 59.0 Å². The maximum atomic E-state index is 11.9. The second kappa shape index (κ2) is 6.74. The lowest BCUT2D eigenvalue weighted by atomic mass is 9.87. The van der Waals surface area contributed by atoms with Crippen LogP contribution in [0.5, 0.6) is 11.5 Å². The molecule has 2 N–H and O–H groups in total. The third-order valence-electron chi connectivity index (χ3n) is 4.70. The molecule has 0 spiro atoms. The minimum Gasteiger partial charge on any atom is -0.481 e. The molecule has 7 heteroatoms. The summed E-state index contributed by atoms with van der Waals surface area (Å²) in [5.41, 5.74) is 1.65. The van der Waals surface area contributed by atoms with Crippen molar-refractivity contribution in [2.24, 2.45) is 0 Å². The molecule has 7 nitrogen and oxygen atoms in total. The molecule has 0 saturated heterocycles. The minimum atomic E-state index is -1.28. The summed E-state index contributed by atoms with van der Waals surface area (Å²) in [7, 11) is 0. The van der Waals surface area contributed by atoms with E-state index in [-0.39, 0.29) is 12.8 Å². The lowest BCUT2D eigenvalue weighted by Crippen LogP contribution is -2.44. The smallest absolute Gasteiger partial charge is 0.347 e. The standard InChI is InChI=1S/C18H22O7/c1-9-10(2)16-12(7-8-18(4,25-16)17(22)23)11(3)15(9)24-14(21)6-5-13(19)20/h5-8H2,1-4H3,(H,19,20)(H,22,23)/t18-/m0/s1. The molecule has 0 aliphatic carbocycles. The van der Waals surface area contributed by atoms with E-state index >= 15 is 0 Å². The van der Waals surface area contributed by atoms with Gasteiger partial charge in [0, 0.05) is 12.0 Å². The van der Waals surface area contributed by atoms with E-state index in [9.17, 15) is 19.5 Å². The third kappa shape index (κ3) is 3.60. The number of hydrogen-bond donors (Lipinski definition) is 2. The first-order valence-corrected chi connectivity index (χ1v) is 8.04. The van der Waals surface area contributed by atoms with Crippen molar-refractivity contribution in [1.82, 2.24) is 0 Å². The molecule has 136 valence electrons. The largest absolute Gasteiger partial charge is 0.481 e. The van der Waals surface area contributed by atoms with Crippen molar-refractivity contribution >= 4 is 17.9 Å². The van der Waals surface area contributed by atoms with Crippen LogP contribution in [0.15, 0.2) is 0 Å². The van der Waals surface area contributed by atoms with E-state index in [0.29, 0.717) is 41.0 Å². The molecule has 0 aromatic heterocycles. The predicted molar refractivity (Wildman–Crippen MR) is 88.1 cm³/mol. The predicted octanol–water partition coefficient (Wildman–Crippen LogP) is 2.55. The average molecular weight is 350 g/mol. The average Bonchev–Trinajstić information content (AvgIpc) is 2.54. The van der Waals surface area contributed by atoms with Gasteiger partial charge in [-0.25, -0.2) is 4.79 Å². The number of carbonyl (C=O) groups is 3. The van der Waals surface area contributed by atoms with Crippen LogP contribution in [0.25, 0.3) is 0 Å². The van der Waals surface area contributed by atoms with Crippen LogP contribution in [-0.2, 0) is 20.8 Å². The van der Waals surface area contributed by atoms with Gasteiger partial charge in [0.2, 0.25) is 5.60 Å². The number of carbonyl (C=O) groups excluding carboxylic acids is 1. The normalized spacial score (nSPS) is 18.9. The van der Waals surface area contributed by atoms with Gasteiger partial charge in [0.15, 0.2) is 0 Å². The summed E-state index contributed by atoms with van der Waals surface area (Å²) >= 11 is 0. The number of benzene rings is 1. The van der Waals surface area contributed by atoms with Crippen LogP contribution in [0.2, 0.25) is 0 Å². The van der Waals surface area contributed by atoms with E-state index in [0.717, 1.165) is 5.56 Å². The molecular weight excluding hydrogens is 328 g/mol. The van der Waals surface area contributed by atoms with Gasteiger partial charge in [0.05, 0.1) is 12.8 Å². The highest BCUT2D eigenvalue weighted by atomic mass is 16.5. The topological polar surface area (TPSA) is 110 Å². The Labute approximate surface area is 145 Å². The first-order chi connectivity index (χ1) is 11.6. The number of rotatable bonds is 5. The van der Waals surface area contributed by atoms with E-state index in [1.54, 1.807) is 27.7 Å². The Balaban J connectivity index is 2.38. The molecule has 2 rings (SSSR count). The molecule has 0 saturated carbocycles. The number of ether oxygens (including phenoxy) is 2. The number of carboxylic acids is 2. The number of aliphatic carboxylic acids is 2. The zero-order chi connectivity index (χ0) is 18.9. The summed E-state index contributed by atoms with van der Waals surface area (Å²) < 4.78 is 11.2. The van der Waals surface area contributed by atoms with Crippen LogP contribution < -0.4 is 9.47 Å². The monoisotopic (exact) mass is 350 g/mol. The van der Waals surface area contributed by atoms with Crippen molar-refractivity contribution < 1.29 is 34.1 Å². The second-order valence-electron chi connectivity index (χ2n) is 6.52. The molecule has 1 aliphatic heterocycles. The van der Waals surface area contributed by atoms with Crippen molar-refractivity contribution in [3.8, 4) is 11.5 Å². The van der Waals surface area contributed by atoms with Crippen LogP contribution in [0, 0.1) is 20.8 Å². The van der Waals surface area contributed by atoms with Crippen molar-refractivity contribution in [3.63, 3.8) is 0 Å². The van der Waals surface area contributed by atoms with Gasteiger partial charge in [0.25, 0.3) is 0 Å². The molecule has 1 heterocycles. The Bertz CT molecular complexity index is 751. The van der Waals surface area contributed by atoms with Crippen molar-refractivity contribution in [2.75, 3.05) is 0 Å². The van der Waals surface area contributed by atoms with Gasteiger partial charge in [-0.1, -0.05) is 0 Å². The van der Waals surface area contributed by atoms with Gasteiger partial charge in [-0.2, -0.15) is 0 Å². The Hall–Kier alpha value is -2.57. The molecule has 1 aromatic rings. The van der Waals surface area contributed by atoms with Gasteiger partial charge in [-0.15, -0.1) is 0 Å². The number of carboxylic acid groups (broad SMARTS) is 2. The SMILES string of the molecule is Cc1c(C)c2c(c(C)c1OC(=O)CCC(=O)O)CC[C@@](C)(C(=O)O)O2. The molecule has 1 aromatic carbocycles. The highest BCUT2D eigenvalue weighted by Crippen LogP contribution is 2.43. The Kier molecular flexibility index (Phi) is 5.06. The maximum Gasteiger partial charge on any atom is 0.347 e. The zero-order valence-electron chi connectivity index (χ0n) is 14.8. The van der Waals surface area contributed by atoms with E-state index in [4.69, 9.17) is 14.6 Å². The highest BCUT2D eigenvalue weighted by Gasteiger charge is 2.41. The molecule has 0 amide bonds. The first kappa shape index (κ1) is 18.8. The first-order valence-electron chi connectivity index (χ1n) is 8.04. The molecular formula is C18H22O7. The molecule has 1 aliphatic rings. The van der Waals surface area contributed by atoms with E-state index in [1.165, 1.54) is 0 Å². The Morgan fingerprint density at radius 3 is 2.28 bits per heavy atom. The Morgan fingerprint density at radius 1 is 1.08 bits per heavy atom. The summed E-state index contributed by atoms with van der Waals surface area (Å²) in [5.74, 6) is -1.77. The highest BCUT2D eigenvalue weighted by molar-refractivity contribution is 5.80. The van der Waals surface area contributed by atoms with Crippen molar-refractivity contribution in [1.29, 1.82) is 0 Å². The minimum absolute atomic E-state index is 0.210. The van der Waals surface area contributed by atoms with Crippen LogP contribution in [0.1, 0.15) is 48.4 Å². The van der Waals surface area contributed by atoms with Gasteiger partial charge in [0.1, 0.15) is 11.5 Å². The number of esters is 1. The molecule has 25 heavy (non-hydrogen) atoms. The molecule has 1 atom stereocenters. The second-order valence-corrected chi connectivity index (χ2v) is 6.52. The maximum absolute atomic E-state index is 11.9. The lowest BCUT2D eigenvalue weighted by Gasteiger charge is -2.35. The van der Waals surface area contributed by atoms with Gasteiger partial charge < -0.3 is 19.7 Å². The van der Waals surface area contributed by atoms with Crippen molar-refractivity contribution in [3.05, 3.63) is 22.3 Å². The fraction of sp³-hybridized carbons (Fsp3) is 0.500. The zero-order valence-corrected chi connectivity index (χ0v) is 14.8. The molecule has 0 fully saturated rings. The summed E-state index contributed by atoms with van der Waals surface area (Å²) in [5, 5.41) is 18.0. The van der Waals surface area contributed by atoms with Gasteiger partial charge in [-0.05, 0) is 50.8 Å². The third-order valence-corrected chi connectivity index (χ3v) is 4.70. The quantitative estimate of drug-likeness (QED) is 0.620. The summed E-state index contributed by atoms with van der Waals surface area (Å²) in [6.07, 6.45) is 0.300. The Morgan fingerprint density at radius 2 is 1.72 bits per heavy atom. The van der Waals surface area contributed by atoms with E-state index < -0.39 is 23.5 Å². The molecule has 0 radical (unpaired) electrons. The fourth-order valence-electron chi connectivity index (χ4n) is 2.91. The van der Waals surface area contributed by atoms with Crippen LogP contribution in [0.3, 0.4) is 0 Å². The van der Waals surface area contributed by atoms with Crippen LogP contribution >= 0.6 is 0 Å². The lowest BCUT2D eigenvalue weighted by molar-refractivity contribution is -0.155. The van der Waals surface area contributed by atoms with Crippen LogP contribution in [-0.4, -0.2) is 33.7 Å². The summed E-state index contributed by atoms with van der Waals surface area (Å²) in [4.78, 5) is 33.9. The van der Waals surface area contributed by atoms with E-state index in [1.807, 2.05) is 0 Å². The summed E-state index contributed by atoms with van der Waals surface area (Å²) in [6, 6.07) is 0. The van der Waals surface area contributed by atoms with Crippen LogP contribution in [0.4, 0.5) is 0 Å². The van der Waals surface area contributed by atoms with E-state index in [2.05, 4.69) is 0 Å². The fourth-order valence-corrected chi connectivity index (χ4v) is 2.91. The number of hydrogen-bond acceptors (Lipinski definition) is 5. The molecule has 0 unspecified atom stereocenters. The number of fused-ring (bicyclic) bond motifs is 1. The molecule has 0 bridgehead atoms. The summed E-state index contributed by atoms with van der Waals surface area (Å²) in [6.45, 7) is 6.88.